The van der Waals surface area contributed by atoms with Gasteiger partial charge in [0.2, 0.25) is 5.95 Å². The molecular formula is C19H21N5. The van der Waals surface area contributed by atoms with E-state index in [9.17, 15) is 0 Å². The lowest BCUT2D eigenvalue weighted by atomic mass is 10.1. The first-order chi connectivity index (χ1) is 11.6. The Kier molecular flexibility index (Phi) is 4.70. The Morgan fingerprint density at radius 3 is 2.46 bits per heavy atom. The number of nitrogens with zero attached hydrogens (tertiary/aromatic N) is 3. The van der Waals surface area contributed by atoms with E-state index in [4.69, 9.17) is 0 Å². The second-order valence-electron chi connectivity index (χ2n) is 5.95. The van der Waals surface area contributed by atoms with Gasteiger partial charge in [0.15, 0.2) is 5.82 Å². The minimum Gasteiger partial charge on any atom is -0.349 e. The Morgan fingerprint density at radius 2 is 1.67 bits per heavy atom. The average Bonchev–Trinajstić information content (AvgIpc) is 2.58. The summed E-state index contributed by atoms with van der Waals surface area (Å²) in [6, 6.07) is 14.6. The standard InChI is InChI=1S/C19H21N5/c1-13-5-8-16(9-6-13)11-20-19-23-18(12-21-24-19)22-17-10-14(2)4-7-15(17)3/h4-10,12H,11H2,1-3H3,(H2,20,22,23,24). The first kappa shape index (κ1) is 15.9. The van der Waals surface area contributed by atoms with E-state index < -0.39 is 0 Å². The van der Waals surface area contributed by atoms with Gasteiger partial charge in [-0.3, -0.25) is 0 Å². The predicted molar refractivity (Wildman–Crippen MR) is 97.5 cm³/mol. The van der Waals surface area contributed by atoms with Crippen LogP contribution in [0.1, 0.15) is 22.3 Å². The van der Waals surface area contributed by atoms with Crippen LogP contribution in [0.4, 0.5) is 17.5 Å². The highest BCUT2D eigenvalue weighted by Crippen LogP contribution is 2.20. The van der Waals surface area contributed by atoms with Gasteiger partial charge in [0.25, 0.3) is 0 Å². The minimum absolute atomic E-state index is 0.505. The topological polar surface area (TPSA) is 62.7 Å². The molecule has 2 aromatic carbocycles. The zero-order valence-electron chi connectivity index (χ0n) is 14.2. The molecule has 0 spiro atoms. The Labute approximate surface area is 142 Å². The Morgan fingerprint density at radius 1 is 0.917 bits per heavy atom. The lowest BCUT2D eigenvalue weighted by Gasteiger charge is -2.10. The lowest BCUT2D eigenvalue weighted by molar-refractivity contribution is 0.948. The van der Waals surface area contributed by atoms with Crippen LogP contribution in [0.2, 0.25) is 0 Å². The molecule has 0 saturated carbocycles. The van der Waals surface area contributed by atoms with Crippen molar-refractivity contribution in [1.82, 2.24) is 15.2 Å². The van der Waals surface area contributed by atoms with Gasteiger partial charge in [-0.05, 0) is 43.5 Å². The van der Waals surface area contributed by atoms with Gasteiger partial charge in [0.1, 0.15) is 0 Å². The molecule has 0 aliphatic carbocycles. The number of hydrogen-bond donors (Lipinski definition) is 2. The second-order valence-corrected chi connectivity index (χ2v) is 5.95. The fourth-order valence-corrected chi connectivity index (χ4v) is 2.33. The predicted octanol–water partition coefficient (Wildman–Crippen LogP) is 4.15. The van der Waals surface area contributed by atoms with Crippen molar-refractivity contribution in [3.05, 3.63) is 70.9 Å². The summed E-state index contributed by atoms with van der Waals surface area (Å²) in [5, 5.41) is 14.6. The van der Waals surface area contributed by atoms with E-state index in [0.717, 1.165) is 11.3 Å². The molecule has 0 aliphatic rings. The molecule has 0 saturated heterocycles. The quantitative estimate of drug-likeness (QED) is 0.739. The molecule has 0 atom stereocenters. The van der Waals surface area contributed by atoms with Gasteiger partial charge in [-0.25, -0.2) is 0 Å². The summed E-state index contributed by atoms with van der Waals surface area (Å²) in [5.74, 6) is 1.18. The Balaban J connectivity index is 1.69. The van der Waals surface area contributed by atoms with Crippen LogP contribution < -0.4 is 10.6 Å². The van der Waals surface area contributed by atoms with Crippen LogP contribution in [-0.4, -0.2) is 15.2 Å². The maximum atomic E-state index is 4.48. The number of rotatable bonds is 5. The number of aryl methyl sites for hydroxylation is 3. The van der Waals surface area contributed by atoms with Gasteiger partial charge in [0.05, 0.1) is 6.20 Å². The summed E-state index contributed by atoms with van der Waals surface area (Å²) in [4.78, 5) is 4.48. The third-order valence-corrected chi connectivity index (χ3v) is 3.79. The number of benzene rings is 2. The second kappa shape index (κ2) is 7.08. The zero-order valence-corrected chi connectivity index (χ0v) is 14.2. The smallest absolute Gasteiger partial charge is 0.244 e. The van der Waals surface area contributed by atoms with Crippen LogP contribution in [0.25, 0.3) is 0 Å². The van der Waals surface area contributed by atoms with Gasteiger partial charge < -0.3 is 10.6 Å². The van der Waals surface area contributed by atoms with E-state index >= 15 is 0 Å². The molecule has 1 heterocycles. The maximum Gasteiger partial charge on any atom is 0.244 e. The van der Waals surface area contributed by atoms with Gasteiger partial charge in [-0.15, -0.1) is 5.10 Å². The fraction of sp³-hybridized carbons (Fsp3) is 0.211. The highest BCUT2D eigenvalue weighted by Gasteiger charge is 2.04. The van der Waals surface area contributed by atoms with Crippen LogP contribution in [-0.2, 0) is 6.54 Å². The van der Waals surface area contributed by atoms with Crippen molar-refractivity contribution < 1.29 is 0 Å². The molecule has 2 N–H and O–H groups in total. The van der Waals surface area contributed by atoms with Crippen molar-refractivity contribution in [3.63, 3.8) is 0 Å². The molecule has 3 rings (SSSR count). The van der Waals surface area contributed by atoms with Crippen molar-refractivity contribution in [2.45, 2.75) is 27.3 Å². The summed E-state index contributed by atoms with van der Waals surface area (Å²) in [6.45, 7) is 6.87. The lowest BCUT2D eigenvalue weighted by Crippen LogP contribution is -2.06. The molecule has 0 fully saturated rings. The van der Waals surface area contributed by atoms with E-state index in [1.54, 1.807) is 6.20 Å². The van der Waals surface area contributed by atoms with Crippen molar-refractivity contribution in [2.24, 2.45) is 0 Å². The third kappa shape index (κ3) is 4.07. The summed E-state index contributed by atoms with van der Waals surface area (Å²) in [7, 11) is 0. The van der Waals surface area contributed by atoms with Crippen molar-refractivity contribution in [3.8, 4) is 0 Å². The largest absolute Gasteiger partial charge is 0.349 e. The molecule has 3 aromatic rings. The molecule has 0 radical (unpaired) electrons. The molecule has 1 aromatic heterocycles. The molecule has 0 amide bonds. The van der Waals surface area contributed by atoms with E-state index in [1.807, 2.05) is 0 Å². The van der Waals surface area contributed by atoms with E-state index in [0.29, 0.717) is 18.3 Å². The maximum absolute atomic E-state index is 4.48. The Hall–Kier alpha value is -2.95. The summed E-state index contributed by atoms with van der Waals surface area (Å²) in [6.07, 6.45) is 1.62. The first-order valence-electron chi connectivity index (χ1n) is 7.93. The van der Waals surface area contributed by atoms with Crippen molar-refractivity contribution in [1.29, 1.82) is 0 Å². The molecule has 24 heavy (non-hydrogen) atoms. The number of anilines is 3. The van der Waals surface area contributed by atoms with Gasteiger partial charge in [-0.1, -0.05) is 42.0 Å². The molecule has 0 aliphatic heterocycles. The average molecular weight is 319 g/mol. The van der Waals surface area contributed by atoms with E-state index in [-0.39, 0.29) is 0 Å². The monoisotopic (exact) mass is 319 g/mol. The van der Waals surface area contributed by atoms with Gasteiger partial charge in [0, 0.05) is 12.2 Å². The van der Waals surface area contributed by atoms with Crippen LogP contribution in [0.3, 0.4) is 0 Å². The first-order valence-corrected chi connectivity index (χ1v) is 7.93. The number of hydrogen-bond acceptors (Lipinski definition) is 5. The SMILES string of the molecule is Cc1ccc(CNc2nncc(Nc3cc(C)ccc3C)n2)cc1. The normalized spacial score (nSPS) is 10.5. The van der Waals surface area contributed by atoms with Crippen LogP contribution in [0.15, 0.2) is 48.7 Å². The summed E-state index contributed by atoms with van der Waals surface area (Å²) in [5.41, 5.74) is 5.81. The van der Waals surface area contributed by atoms with Gasteiger partial charge >= 0.3 is 0 Å². The van der Waals surface area contributed by atoms with Crippen LogP contribution in [0, 0.1) is 20.8 Å². The molecule has 0 bridgehead atoms. The molecule has 122 valence electrons. The molecule has 5 heteroatoms. The van der Waals surface area contributed by atoms with Crippen molar-refractivity contribution in [2.75, 3.05) is 10.6 Å². The summed E-state index contributed by atoms with van der Waals surface area (Å²) >= 11 is 0. The zero-order chi connectivity index (χ0) is 16.9. The van der Waals surface area contributed by atoms with Crippen molar-refractivity contribution >= 4 is 17.5 Å². The third-order valence-electron chi connectivity index (χ3n) is 3.79. The van der Waals surface area contributed by atoms with Crippen LogP contribution in [0.5, 0.6) is 0 Å². The molecule has 5 nitrogen and oxygen atoms in total. The van der Waals surface area contributed by atoms with E-state index in [2.05, 4.69) is 89.1 Å². The number of nitrogens with one attached hydrogen (secondary N) is 2. The minimum atomic E-state index is 0.505. The number of aromatic nitrogens is 3. The fourth-order valence-electron chi connectivity index (χ4n) is 2.33. The van der Waals surface area contributed by atoms with Crippen LogP contribution >= 0.6 is 0 Å². The molecule has 0 unspecified atom stereocenters. The van der Waals surface area contributed by atoms with E-state index in [1.165, 1.54) is 16.7 Å². The highest BCUT2D eigenvalue weighted by atomic mass is 15.3. The highest BCUT2D eigenvalue weighted by molar-refractivity contribution is 5.61. The summed E-state index contributed by atoms with van der Waals surface area (Å²) < 4.78 is 0. The van der Waals surface area contributed by atoms with Gasteiger partial charge in [-0.2, -0.15) is 10.1 Å². The Bertz CT molecular complexity index is 827. The molecular weight excluding hydrogens is 298 g/mol.